The normalized spacial score (nSPS) is 14.2. The summed E-state index contributed by atoms with van der Waals surface area (Å²) in [7, 11) is 0. The molecule has 2 rings (SSSR count). The van der Waals surface area contributed by atoms with Gasteiger partial charge in [-0.1, -0.05) is 43.2 Å². The average Bonchev–Trinajstić information content (AvgIpc) is 2.86. The Hall–Kier alpha value is -1.30. The summed E-state index contributed by atoms with van der Waals surface area (Å²) in [6.45, 7) is 4.19. The van der Waals surface area contributed by atoms with Crippen LogP contribution < -0.4 is 11.5 Å². The minimum Gasteiger partial charge on any atom is -0.326 e. The van der Waals surface area contributed by atoms with E-state index in [1.54, 1.807) is 0 Å². The van der Waals surface area contributed by atoms with Gasteiger partial charge in [0.2, 0.25) is 0 Å². The predicted molar refractivity (Wildman–Crippen MR) is 83.7 cm³/mol. The quantitative estimate of drug-likeness (QED) is 0.857. The minimum atomic E-state index is -0.210. The third kappa shape index (κ3) is 3.85. The molecule has 1 heterocycles. The van der Waals surface area contributed by atoms with Crippen LogP contribution in [-0.4, -0.2) is 15.4 Å². The summed E-state index contributed by atoms with van der Waals surface area (Å²) in [5.41, 5.74) is 14.7. The third-order valence-corrected chi connectivity index (χ3v) is 4.15. The van der Waals surface area contributed by atoms with E-state index in [4.69, 9.17) is 11.5 Å². The molecule has 0 amide bonds. The Labute approximate surface area is 124 Å². The summed E-state index contributed by atoms with van der Waals surface area (Å²) in [5.74, 6) is 0.828. The summed E-state index contributed by atoms with van der Waals surface area (Å²) >= 11 is 1.37. The summed E-state index contributed by atoms with van der Waals surface area (Å²) in [4.78, 5) is 4.54. The molecule has 2 aromatic rings. The molecule has 5 heteroatoms. The van der Waals surface area contributed by atoms with Crippen LogP contribution in [0.2, 0.25) is 0 Å². The monoisotopic (exact) mass is 290 g/mol. The summed E-state index contributed by atoms with van der Waals surface area (Å²) in [6, 6.07) is 8.14. The van der Waals surface area contributed by atoms with Gasteiger partial charge in [-0.05, 0) is 30.4 Å². The molecule has 0 aliphatic rings. The lowest BCUT2D eigenvalue weighted by Crippen LogP contribution is -2.33. The first-order chi connectivity index (χ1) is 9.60. The van der Waals surface area contributed by atoms with Gasteiger partial charge in [-0.2, -0.15) is 4.37 Å². The number of aromatic nitrogens is 2. The van der Waals surface area contributed by atoms with Crippen LogP contribution in [-0.2, 0) is 6.42 Å². The van der Waals surface area contributed by atoms with Crippen molar-refractivity contribution >= 4 is 11.5 Å². The van der Waals surface area contributed by atoms with Crippen LogP contribution in [0.5, 0.6) is 0 Å². The SMILES string of the molecule is CCCC(N)C(N)c1nc(Cc2cccc(C)c2)ns1. The first kappa shape index (κ1) is 15.1. The zero-order valence-electron chi connectivity index (χ0n) is 12.0. The van der Waals surface area contributed by atoms with Crippen LogP contribution in [0.1, 0.15) is 47.8 Å². The van der Waals surface area contributed by atoms with Gasteiger partial charge in [0.25, 0.3) is 0 Å². The van der Waals surface area contributed by atoms with E-state index >= 15 is 0 Å². The van der Waals surface area contributed by atoms with E-state index in [1.165, 1.54) is 22.7 Å². The maximum absolute atomic E-state index is 6.14. The summed E-state index contributed by atoms with van der Waals surface area (Å²) < 4.78 is 4.40. The second kappa shape index (κ2) is 6.92. The first-order valence-corrected chi connectivity index (χ1v) is 7.76. The maximum atomic E-state index is 6.14. The topological polar surface area (TPSA) is 77.8 Å². The van der Waals surface area contributed by atoms with Gasteiger partial charge in [0.1, 0.15) is 10.8 Å². The van der Waals surface area contributed by atoms with Crippen molar-refractivity contribution < 1.29 is 0 Å². The third-order valence-electron chi connectivity index (χ3n) is 3.30. The molecule has 0 radical (unpaired) electrons. The van der Waals surface area contributed by atoms with Crippen molar-refractivity contribution in [3.63, 3.8) is 0 Å². The Morgan fingerprint density at radius 1 is 1.30 bits per heavy atom. The molecule has 4 N–H and O–H groups in total. The lowest BCUT2D eigenvalue weighted by Gasteiger charge is -2.15. The van der Waals surface area contributed by atoms with Gasteiger partial charge in [0.15, 0.2) is 0 Å². The van der Waals surface area contributed by atoms with Crippen molar-refractivity contribution in [3.05, 3.63) is 46.2 Å². The van der Waals surface area contributed by atoms with Crippen molar-refractivity contribution in [1.29, 1.82) is 0 Å². The molecule has 20 heavy (non-hydrogen) atoms. The van der Waals surface area contributed by atoms with Gasteiger partial charge in [0, 0.05) is 12.5 Å². The Morgan fingerprint density at radius 2 is 2.10 bits per heavy atom. The number of nitrogens with zero attached hydrogens (tertiary/aromatic N) is 2. The lowest BCUT2D eigenvalue weighted by molar-refractivity contribution is 0.504. The fourth-order valence-electron chi connectivity index (χ4n) is 2.18. The standard InChI is InChI=1S/C15H22N4S/c1-3-5-12(16)14(17)15-18-13(19-20-15)9-11-7-4-6-10(2)8-11/h4,6-8,12,14H,3,5,9,16-17H2,1-2H3. The second-order valence-electron chi connectivity index (χ2n) is 5.19. The number of nitrogens with two attached hydrogens (primary N) is 2. The van der Waals surface area contributed by atoms with Crippen molar-refractivity contribution in [2.45, 2.75) is 45.2 Å². The highest BCUT2D eigenvalue weighted by Crippen LogP contribution is 2.19. The van der Waals surface area contributed by atoms with E-state index in [9.17, 15) is 0 Å². The van der Waals surface area contributed by atoms with E-state index < -0.39 is 0 Å². The van der Waals surface area contributed by atoms with Crippen LogP contribution in [0, 0.1) is 6.92 Å². The minimum absolute atomic E-state index is 0.0419. The van der Waals surface area contributed by atoms with Crippen molar-refractivity contribution in [2.24, 2.45) is 11.5 Å². The van der Waals surface area contributed by atoms with Crippen molar-refractivity contribution in [3.8, 4) is 0 Å². The van der Waals surface area contributed by atoms with E-state index in [-0.39, 0.29) is 12.1 Å². The van der Waals surface area contributed by atoms with Gasteiger partial charge in [-0.25, -0.2) is 4.98 Å². The predicted octanol–water partition coefficient (Wildman–Crippen LogP) is 2.56. The molecule has 1 aromatic heterocycles. The highest BCUT2D eigenvalue weighted by atomic mass is 32.1. The van der Waals surface area contributed by atoms with E-state index in [0.717, 1.165) is 30.1 Å². The Kier molecular flexibility index (Phi) is 5.23. The summed E-state index contributed by atoms with van der Waals surface area (Å²) in [5, 5.41) is 0.841. The number of rotatable bonds is 6. The van der Waals surface area contributed by atoms with Crippen LogP contribution in [0.3, 0.4) is 0 Å². The van der Waals surface area contributed by atoms with Crippen molar-refractivity contribution in [2.75, 3.05) is 0 Å². The molecular weight excluding hydrogens is 268 g/mol. The van der Waals surface area contributed by atoms with E-state index in [1.807, 2.05) is 0 Å². The largest absolute Gasteiger partial charge is 0.326 e. The van der Waals surface area contributed by atoms with Gasteiger partial charge >= 0.3 is 0 Å². The smallest absolute Gasteiger partial charge is 0.147 e. The van der Waals surface area contributed by atoms with Crippen molar-refractivity contribution in [1.82, 2.24) is 9.36 Å². The van der Waals surface area contributed by atoms with Crippen LogP contribution >= 0.6 is 11.5 Å². The fourth-order valence-corrected chi connectivity index (χ4v) is 2.92. The van der Waals surface area contributed by atoms with E-state index in [0.29, 0.717) is 0 Å². The van der Waals surface area contributed by atoms with Gasteiger partial charge in [-0.3, -0.25) is 0 Å². The molecule has 2 atom stereocenters. The van der Waals surface area contributed by atoms with Gasteiger partial charge in [0.05, 0.1) is 6.04 Å². The molecule has 2 unspecified atom stereocenters. The number of benzene rings is 1. The summed E-state index contributed by atoms with van der Waals surface area (Å²) in [6.07, 6.45) is 2.69. The second-order valence-corrected chi connectivity index (χ2v) is 5.98. The molecule has 0 saturated heterocycles. The Morgan fingerprint density at radius 3 is 2.80 bits per heavy atom. The fraction of sp³-hybridized carbons (Fsp3) is 0.467. The van der Waals surface area contributed by atoms with Gasteiger partial charge in [-0.15, -0.1) is 0 Å². The molecule has 0 fully saturated rings. The molecule has 0 aliphatic heterocycles. The van der Waals surface area contributed by atoms with Crippen LogP contribution in [0.4, 0.5) is 0 Å². The molecule has 1 aromatic carbocycles. The molecule has 4 nitrogen and oxygen atoms in total. The highest BCUT2D eigenvalue weighted by Gasteiger charge is 2.19. The molecule has 0 saturated carbocycles. The highest BCUT2D eigenvalue weighted by molar-refractivity contribution is 7.05. The number of aryl methyl sites for hydroxylation is 1. The van der Waals surface area contributed by atoms with Crippen LogP contribution in [0.25, 0.3) is 0 Å². The maximum Gasteiger partial charge on any atom is 0.147 e. The number of hydrogen-bond donors (Lipinski definition) is 2. The Balaban J connectivity index is 2.05. The Bertz CT molecular complexity index is 552. The first-order valence-electron chi connectivity index (χ1n) is 6.99. The van der Waals surface area contributed by atoms with Gasteiger partial charge < -0.3 is 11.5 Å². The zero-order chi connectivity index (χ0) is 14.5. The van der Waals surface area contributed by atoms with Crippen LogP contribution in [0.15, 0.2) is 24.3 Å². The lowest BCUT2D eigenvalue weighted by atomic mass is 10.1. The molecule has 0 spiro atoms. The van der Waals surface area contributed by atoms with E-state index in [2.05, 4.69) is 47.5 Å². The molecule has 0 bridgehead atoms. The molecule has 0 aliphatic carbocycles. The number of hydrogen-bond acceptors (Lipinski definition) is 5. The average molecular weight is 290 g/mol. The molecular formula is C15H22N4S. The molecule has 108 valence electrons. The zero-order valence-corrected chi connectivity index (χ0v) is 12.9.